The predicted molar refractivity (Wildman–Crippen MR) is 148 cm³/mol. The van der Waals surface area contributed by atoms with E-state index < -0.39 is 55.4 Å². The fourth-order valence-corrected chi connectivity index (χ4v) is 4.74. The number of aromatic nitrogens is 3. The van der Waals surface area contributed by atoms with Crippen LogP contribution in [0, 0.1) is 0 Å². The number of esters is 1. The number of methoxy groups -OCH3 is 4. The normalized spacial score (nSPS) is 21.7. The van der Waals surface area contributed by atoms with Gasteiger partial charge >= 0.3 is 12.3 Å². The highest BCUT2D eigenvalue weighted by molar-refractivity contribution is 5.93. The smallest absolute Gasteiger partial charge is 0.469 e. The fourth-order valence-electron chi connectivity index (χ4n) is 4.74. The Hall–Kier alpha value is -4.09. The third kappa shape index (κ3) is 8.55. The SMILES string of the molecule is COC(=O)CC(=O)N(Cc1ccc(-c2ncn(-c3ccc(OC(F)(F)F)cc3)n2)cc1)O[C@@H]1O[C@@H](C)[C@H](OC)[C@@H](OC)[C@H]1OC. The van der Waals surface area contributed by atoms with Crippen molar-refractivity contribution in [1.82, 2.24) is 19.8 Å². The molecule has 0 bridgehead atoms. The van der Waals surface area contributed by atoms with E-state index in [9.17, 15) is 22.8 Å². The standard InChI is InChI=1S/C29H33F3N4O9/c1-17-24(40-3)25(41-4)26(42-5)28(43-17)45-36(22(37)14-23(38)39-2)15-18-6-8-19(9-7-18)27-33-16-35(34-27)20-10-12-21(13-11-20)44-29(30,31)32/h6-13,16-17,24-26,28H,14-15H2,1-5H3/t17-,24-,25+,26+,28-/m0/s1. The predicted octanol–water partition coefficient (Wildman–Crippen LogP) is 3.45. The molecule has 1 amide bonds. The minimum Gasteiger partial charge on any atom is -0.469 e. The lowest BCUT2D eigenvalue weighted by Gasteiger charge is -2.44. The molecule has 5 atom stereocenters. The van der Waals surface area contributed by atoms with Crippen LogP contribution in [0.1, 0.15) is 18.9 Å². The number of alkyl halides is 3. The van der Waals surface area contributed by atoms with E-state index >= 15 is 0 Å². The highest BCUT2D eigenvalue weighted by atomic mass is 19.4. The number of carbonyl (C=O) groups excluding carboxylic acids is 2. The van der Waals surface area contributed by atoms with Gasteiger partial charge < -0.3 is 28.4 Å². The molecule has 2 heterocycles. The number of hydrogen-bond donors (Lipinski definition) is 0. The topological polar surface area (TPSA) is 133 Å². The number of ether oxygens (including phenoxy) is 6. The second kappa shape index (κ2) is 14.8. The summed E-state index contributed by atoms with van der Waals surface area (Å²) in [6, 6.07) is 12.1. The molecule has 1 fully saturated rings. The first-order valence-electron chi connectivity index (χ1n) is 13.6. The molecule has 0 saturated carbocycles. The number of benzene rings is 2. The molecule has 0 aliphatic carbocycles. The van der Waals surface area contributed by atoms with Gasteiger partial charge in [0.15, 0.2) is 5.82 Å². The van der Waals surface area contributed by atoms with Crippen LogP contribution < -0.4 is 4.74 Å². The number of carbonyl (C=O) groups is 2. The first kappa shape index (κ1) is 33.8. The number of halogens is 3. The van der Waals surface area contributed by atoms with Crippen LogP contribution in [0.3, 0.4) is 0 Å². The molecule has 0 radical (unpaired) electrons. The van der Waals surface area contributed by atoms with Crippen LogP contribution >= 0.6 is 0 Å². The quantitative estimate of drug-likeness (QED) is 0.164. The Morgan fingerprint density at radius 1 is 0.933 bits per heavy atom. The van der Waals surface area contributed by atoms with Gasteiger partial charge in [0.05, 0.1) is 25.4 Å². The molecule has 0 unspecified atom stereocenters. The Labute approximate surface area is 256 Å². The van der Waals surface area contributed by atoms with Crippen molar-refractivity contribution in [3.05, 3.63) is 60.4 Å². The maximum absolute atomic E-state index is 13.1. The molecule has 0 N–H and O–H groups in total. The van der Waals surface area contributed by atoms with Crippen LogP contribution in [0.2, 0.25) is 0 Å². The summed E-state index contributed by atoms with van der Waals surface area (Å²) in [6.07, 6.45) is -7.33. The second-order valence-corrected chi connectivity index (χ2v) is 9.85. The van der Waals surface area contributed by atoms with Crippen LogP contribution in [0.5, 0.6) is 5.75 Å². The third-order valence-electron chi connectivity index (χ3n) is 6.94. The molecule has 45 heavy (non-hydrogen) atoms. The molecular formula is C29H33F3N4O9. The molecule has 16 heteroatoms. The number of amides is 1. The van der Waals surface area contributed by atoms with Crippen molar-refractivity contribution in [2.24, 2.45) is 0 Å². The zero-order valence-electron chi connectivity index (χ0n) is 25.1. The molecule has 2 aromatic carbocycles. The van der Waals surface area contributed by atoms with Gasteiger partial charge in [-0.3, -0.25) is 9.59 Å². The van der Waals surface area contributed by atoms with E-state index in [0.29, 0.717) is 22.6 Å². The maximum Gasteiger partial charge on any atom is 0.573 e. The van der Waals surface area contributed by atoms with Gasteiger partial charge in [-0.05, 0) is 36.8 Å². The number of hydrogen-bond acceptors (Lipinski definition) is 11. The molecule has 1 aliphatic heterocycles. The highest BCUT2D eigenvalue weighted by Gasteiger charge is 2.47. The van der Waals surface area contributed by atoms with Gasteiger partial charge in [0, 0.05) is 26.9 Å². The second-order valence-electron chi connectivity index (χ2n) is 9.85. The van der Waals surface area contributed by atoms with Crippen LogP contribution in [-0.2, 0) is 44.7 Å². The van der Waals surface area contributed by atoms with E-state index in [2.05, 4.69) is 19.6 Å². The zero-order chi connectivity index (χ0) is 32.7. The van der Waals surface area contributed by atoms with Gasteiger partial charge in [-0.1, -0.05) is 24.3 Å². The summed E-state index contributed by atoms with van der Waals surface area (Å²) in [5, 5.41) is 5.40. The summed E-state index contributed by atoms with van der Waals surface area (Å²) < 4.78 is 70.0. The van der Waals surface area contributed by atoms with Gasteiger partial charge in [0.2, 0.25) is 6.29 Å². The van der Waals surface area contributed by atoms with Gasteiger partial charge in [0.25, 0.3) is 5.91 Å². The fraction of sp³-hybridized carbons (Fsp3) is 0.448. The van der Waals surface area contributed by atoms with Crippen molar-refractivity contribution in [1.29, 1.82) is 0 Å². The van der Waals surface area contributed by atoms with Crippen LogP contribution in [0.15, 0.2) is 54.9 Å². The minimum absolute atomic E-state index is 0.0691. The molecule has 3 aromatic rings. The molecule has 1 aliphatic rings. The molecule has 1 aromatic heterocycles. The van der Waals surface area contributed by atoms with E-state index in [-0.39, 0.29) is 12.3 Å². The molecule has 0 spiro atoms. The minimum atomic E-state index is -4.79. The first-order chi connectivity index (χ1) is 21.5. The van der Waals surface area contributed by atoms with Crippen LogP contribution in [0.4, 0.5) is 13.2 Å². The van der Waals surface area contributed by atoms with Crippen molar-refractivity contribution in [3.63, 3.8) is 0 Å². The van der Waals surface area contributed by atoms with E-state index in [0.717, 1.165) is 5.06 Å². The highest BCUT2D eigenvalue weighted by Crippen LogP contribution is 2.29. The third-order valence-corrected chi connectivity index (χ3v) is 6.94. The van der Waals surface area contributed by atoms with Crippen LogP contribution in [-0.4, -0.2) is 97.2 Å². The summed E-state index contributed by atoms with van der Waals surface area (Å²) in [6.45, 7) is 1.70. The van der Waals surface area contributed by atoms with Crippen molar-refractivity contribution in [2.75, 3.05) is 28.4 Å². The maximum atomic E-state index is 13.1. The van der Waals surface area contributed by atoms with Gasteiger partial charge in [0.1, 0.15) is 36.8 Å². The zero-order valence-corrected chi connectivity index (χ0v) is 25.1. The van der Waals surface area contributed by atoms with E-state index in [4.69, 9.17) is 23.8 Å². The molecule has 244 valence electrons. The summed E-state index contributed by atoms with van der Waals surface area (Å²) in [5.74, 6) is -1.43. The Balaban J connectivity index is 1.49. The average Bonchev–Trinajstić information content (AvgIpc) is 3.50. The Bertz CT molecular complexity index is 1420. The summed E-state index contributed by atoms with van der Waals surface area (Å²) in [7, 11) is 5.65. The Kier molecular flexibility index (Phi) is 11.1. The summed E-state index contributed by atoms with van der Waals surface area (Å²) in [4.78, 5) is 35.3. The van der Waals surface area contributed by atoms with E-state index in [1.54, 1.807) is 31.2 Å². The van der Waals surface area contributed by atoms with Gasteiger partial charge in [-0.2, -0.15) is 0 Å². The molecule has 1 saturated heterocycles. The average molecular weight is 639 g/mol. The Morgan fingerprint density at radius 2 is 1.58 bits per heavy atom. The number of nitrogens with zero attached hydrogens (tertiary/aromatic N) is 4. The monoisotopic (exact) mass is 638 g/mol. The molecule has 4 rings (SSSR count). The summed E-state index contributed by atoms with van der Waals surface area (Å²) in [5.41, 5.74) is 1.73. The number of hydroxylamine groups is 2. The van der Waals surface area contributed by atoms with Crippen LogP contribution in [0.25, 0.3) is 17.1 Å². The Morgan fingerprint density at radius 3 is 2.16 bits per heavy atom. The lowest BCUT2D eigenvalue weighted by Crippen LogP contribution is -2.60. The number of rotatable bonds is 12. The van der Waals surface area contributed by atoms with Crippen molar-refractivity contribution < 1.29 is 56.0 Å². The van der Waals surface area contributed by atoms with E-state index in [1.807, 2.05) is 0 Å². The van der Waals surface area contributed by atoms with Crippen molar-refractivity contribution >= 4 is 11.9 Å². The molecule has 13 nitrogen and oxygen atoms in total. The van der Waals surface area contributed by atoms with Crippen molar-refractivity contribution in [3.8, 4) is 22.8 Å². The summed E-state index contributed by atoms with van der Waals surface area (Å²) >= 11 is 0. The lowest BCUT2D eigenvalue weighted by atomic mass is 9.99. The van der Waals surface area contributed by atoms with Gasteiger partial charge in [-0.25, -0.2) is 19.6 Å². The van der Waals surface area contributed by atoms with Gasteiger partial charge in [-0.15, -0.1) is 18.3 Å². The molecular weight excluding hydrogens is 605 g/mol. The lowest BCUT2D eigenvalue weighted by molar-refractivity contribution is -0.357. The largest absolute Gasteiger partial charge is 0.573 e. The van der Waals surface area contributed by atoms with Crippen molar-refractivity contribution in [2.45, 2.75) is 57.0 Å². The first-order valence-corrected chi connectivity index (χ1v) is 13.6. The van der Waals surface area contributed by atoms with E-state index in [1.165, 1.54) is 63.7 Å².